The number of carbonyl (C=O) groups is 2. The summed E-state index contributed by atoms with van der Waals surface area (Å²) in [5, 5.41) is -3.38. The molecule has 0 saturated carbocycles. The number of alkyl halides is 5. The zero-order valence-corrected chi connectivity index (χ0v) is 13.7. The van der Waals surface area contributed by atoms with Crippen LogP contribution in [0.3, 0.4) is 0 Å². The maximum Gasteiger partial charge on any atom is 0.466 e. The molecule has 1 N–H and O–H groups in total. The predicted octanol–water partition coefficient (Wildman–Crippen LogP) is 0.821. The summed E-state index contributed by atoms with van der Waals surface area (Å²) >= 11 is 0. The minimum Gasteiger partial charge on any atom is -0.743 e. The van der Waals surface area contributed by atoms with Crippen LogP contribution in [0.2, 0.25) is 0 Å². The van der Waals surface area contributed by atoms with Crippen molar-refractivity contribution in [3.63, 3.8) is 0 Å². The number of halogens is 5. The van der Waals surface area contributed by atoms with Crippen LogP contribution in [0.25, 0.3) is 0 Å². The van der Waals surface area contributed by atoms with E-state index < -0.39 is 58.8 Å². The van der Waals surface area contributed by atoms with Crippen molar-refractivity contribution in [3.8, 4) is 0 Å². The number of rotatable bonds is 10. The summed E-state index contributed by atoms with van der Waals surface area (Å²) in [6.07, 6.45) is -6.60. The minimum atomic E-state index is -6.20. The lowest BCUT2D eigenvalue weighted by Gasteiger charge is -2.33. The molecule has 0 aliphatic heterocycles. The third-order valence-electron chi connectivity index (χ3n) is 2.55. The Morgan fingerprint density at radius 3 is 2.08 bits per heavy atom. The average molecular weight is 410 g/mol. The van der Waals surface area contributed by atoms with Crippen molar-refractivity contribution in [1.29, 1.82) is 0 Å². The summed E-state index contributed by atoms with van der Waals surface area (Å²) in [5.41, 5.74) is 0. The molecule has 0 aromatic rings. The van der Waals surface area contributed by atoms with E-state index in [9.17, 15) is 44.5 Å². The largest absolute Gasteiger partial charge is 0.743 e. The van der Waals surface area contributed by atoms with Crippen LogP contribution in [0.4, 0.5) is 22.0 Å². The first-order valence-electron chi connectivity index (χ1n) is 6.43. The predicted molar refractivity (Wildman–Crippen MR) is 73.5 cm³/mol. The van der Waals surface area contributed by atoms with E-state index in [0.717, 1.165) is 6.08 Å². The van der Waals surface area contributed by atoms with E-state index in [2.05, 4.69) is 22.6 Å². The highest BCUT2D eigenvalue weighted by Crippen LogP contribution is 2.37. The van der Waals surface area contributed by atoms with E-state index in [0.29, 0.717) is 0 Å². The van der Waals surface area contributed by atoms with Crippen molar-refractivity contribution in [2.24, 2.45) is 0 Å². The molecule has 0 aliphatic rings. The molecule has 0 bridgehead atoms. The molecule has 0 spiro atoms. The highest BCUT2D eigenvalue weighted by Gasteiger charge is 2.66. The van der Waals surface area contributed by atoms with Crippen molar-refractivity contribution in [3.05, 3.63) is 25.3 Å². The van der Waals surface area contributed by atoms with Gasteiger partial charge in [0.15, 0.2) is 10.1 Å². The molecule has 0 aromatic carbocycles. The summed E-state index contributed by atoms with van der Waals surface area (Å²) in [4.78, 5) is 22.9. The topological polar surface area (TPSA) is 122 Å². The lowest BCUT2D eigenvalue weighted by atomic mass is 10.2. The van der Waals surface area contributed by atoms with Gasteiger partial charge in [0.1, 0.15) is 0 Å². The number of hydrogen-bond acceptors (Lipinski definition) is 7. The average Bonchev–Trinajstić information content (AvgIpc) is 2.48. The fourth-order valence-electron chi connectivity index (χ4n) is 1.31. The summed E-state index contributed by atoms with van der Waals surface area (Å²) < 4.78 is 105. The third-order valence-corrected chi connectivity index (χ3v) is 3.49. The Kier molecular flexibility index (Phi) is 7.87. The molecule has 26 heavy (non-hydrogen) atoms. The van der Waals surface area contributed by atoms with Crippen LogP contribution in [-0.2, 0) is 29.2 Å². The first-order valence-corrected chi connectivity index (χ1v) is 7.84. The Morgan fingerprint density at radius 1 is 1.15 bits per heavy atom. The van der Waals surface area contributed by atoms with Crippen molar-refractivity contribution >= 4 is 22.0 Å². The zero-order chi connectivity index (χ0) is 20.8. The third kappa shape index (κ3) is 5.74. The van der Waals surface area contributed by atoms with Gasteiger partial charge >= 0.3 is 29.1 Å². The molecule has 0 saturated heterocycles. The Bertz CT molecular complexity index is 661. The van der Waals surface area contributed by atoms with Gasteiger partial charge in [-0.2, -0.15) is 22.0 Å². The van der Waals surface area contributed by atoms with Crippen molar-refractivity contribution < 1.29 is 54.0 Å². The zero-order valence-electron chi connectivity index (χ0n) is 12.8. The summed E-state index contributed by atoms with van der Waals surface area (Å²) in [5.74, 6) is -8.28. The number of esters is 1. The first-order chi connectivity index (χ1) is 11.6. The Balaban J connectivity index is 5.74. The Morgan fingerprint density at radius 2 is 1.69 bits per heavy atom. The molecule has 0 fully saturated rings. The number of ether oxygens (including phenoxy) is 2. The van der Waals surface area contributed by atoms with E-state index in [1.165, 1.54) is 0 Å². The van der Waals surface area contributed by atoms with Crippen LogP contribution in [-0.4, -0.2) is 55.2 Å². The maximum absolute atomic E-state index is 13.3. The van der Waals surface area contributed by atoms with E-state index in [-0.39, 0.29) is 6.08 Å². The normalized spacial score (nSPS) is 14.8. The van der Waals surface area contributed by atoms with E-state index in [4.69, 9.17) is 0 Å². The first kappa shape index (κ1) is 23.9. The fraction of sp³-hybridized carbons (Fsp3) is 0.500. The van der Waals surface area contributed by atoms with Crippen molar-refractivity contribution in [2.45, 2.75) is 23.6 Å². The van der Waals surface area contributed by atoms with Crippen LogP contribution < -0.4 is 5.32 Å². The van der Waals surface area contributed by atoms with E-state index in [1.54, 1.807) is 5.32 Å². The lowest BCUT2D eigenvalue weighted by molar-refractivity contribution is -0.347. The number of hydrogen-bond donors (Lipinski definition) is 1. The molecular weight excluding hydrogens is 397 g/mol. The van der Waals surface area contributed by atoms with Gasteiger partial charge in [0.05, 0.1) is 6.61 Å². The van der Waals surface area contributed by atoms with Gasteiger partial charge in [-0.25, -0.2) is 13.2 Å². The van der Waals surface area contributed by atoms with Crippen LogP contribution in [0, 0.1) is 0 Å². The molecule has 1 amide bonds. The highest BCUT2D eigenvalue weighted by atomic mass is 32.2. The van der Waals surface area contributed by atoms with Gasteiger partial charge in [0.25, 0.3) is 0 Å². The monoisotopic (exact) mass is 410 g/mol. The fourth-order valence-corrected chi connectivity index (χ4v) is 1.65. The molecule has 0 aromatic heterocycles. The highest BCUT2D eigenvalue weighted by molar-refractivity contribution is 7.86. The molecular formula is C12H13F5NO7S-. The molecule has 0 aliphatic carbocycles. The van der Waals surface area contributed by atoms with Gasteiger partial charge in [-0.1, -0.05) is 12.7 Å². The molecule has 1 unspecified atom stereocenters. The van der Waals surface area contributed by atoms with Crippen LogP contribution in [0.5, 0.6) is 0 Å². The van der Waals surface area contributed by atoms with Gasteiger partial charge in [0, 0.05) is 19.0 Å². The van der Waals surface area contributed by atoms with Crippen molar-refractivity contribution in [2.75, 3.05) is 13.2 Å². The standard InChI is InChI=1S/C12H14F5NO7S/c1-3-6-18-9(20)11(12(15,16)17,25-8(19)4-2)24-7-5-10(13,14)26(21,22)23/h3-4H,1-2,5-7H2,(H,18,20)(H,21,22,23)/p-1. The molecule has 150 valence electrons. The molecule has 0 radical (unpaired) electrons. The van der Waals surface area contributed by atoms with Crippen molar-refractivity contribution in [1.82, 2.24) is 5.32 Å². The SMILES string of the molecule is C=CCNC(=O)C(OCCC(F)(F)S(=O)(=O)[O-])(OC(=O)C=C)C(F)(F)F. The Hall–Kier alpha value is -2.06. The summed E-state index contributed by atoms with van der Waals surface area (Å²) in [6, 6.07) is 0. The molecule has 0 rings (SSSR count). The van der Waals surface area contributed by atoms with Gasteiger partial charge in [-0.3, -0.25) is 4.79 Å². The lowest BCUT2D eigenvalue weighted by Crippen LogP contribution is -2.61. The quantitative estimate of drug-likeness (QED) is 0.141. The van der Waals surface area contributed by atoms with Gasteiger partial charge < -0.3 is 19.3 Å². The van der Waals surface area contributed by atoms with Gasteiger partial charge in [-0.15, -0.1) is 6.58 Å². The number of carbonyl (C=O) groups excluding carboxylic acids is 2. The van der Waals surface area contributed by atoms with E-state index in [1.807, 2.05) is 0 Å². The number of nitrogens with one attached hydrogen (secondary N) is 1. The Labute approximate surface area is 144 Å². The molecule has 0 heterocycles. The van der Waals surface area contributed by atoms with Gasteiger partial charge in [0.2, 0.25) is 0 Å². The van der Waals surface area contributed by atoms with Crippen LogP contribution in [0.15, 0.2) is 25.3 Å². The van der Waals surface area contributed by atoms with Crippen LogP contribution >= 0.6 is 0 Å². The number of amides is 1. The minimum absolute atomic E-state index is 0.237. The summed E-state index contributed by atoms with van der Waals surface area (Å²) in [6.45, 7) is 3.61. The molecule has 14 heteroatoms. The second-order valence-electron chi connectivity index (χ2n) is 4.43. The van der Waals surface area contributed by atoms with Gasteiger partial charge in [-0.05, 0) is 0 Å². The second kappa shape index (κ2) is 8.55. The van der Waals surface area contributed by atoms with Crippen LogP contribution in [0.1, 0.15) is 6.42 Å². The molecule has 1 atom stereocenters. The smallest absolute Gasteiger partial charge is 0.466 e. The van der Waals surface area contributed by atoms with E-state index >= 15 is 0 Å². The molecule has 8 nitrogen and oxygen atoms in total. The maximum atomic E-state index is 13.3. The summed E-state index contributed by atoms with van der Waals surface area (Å²) in [7, 11) is -6.20. The second-order valence-corrected chi connectivity index (χ2v) is 5.93.